The Morgan fingerprint density at radius 2 is 1.94 bits per heavy atom. The summed E-state index contributed by atoms with van der Waals surface area (Å²) in [7, 11) is 1.57. The molecule has 3 aromatic carbocycles. The molecule has 0 atom stereocenters. The first-order valence-corrected chi connectivity index (χ1v) is 11.8. The van der Waals surface area contributed by atoms with Crippen molar-refractivity contribution in [2.45, 2.75) is 20.0 Å². The van der Waals surface area contributed by atoms with Crippen molar-refractivity contribution in [1.82, 2.24) is 5.43 Å². The van der Waals surface area contributed by atoms with Crippen LogP contribution in [0.1, 0.15) is 33.3 Å². The largest absolute Gasteiger partial charge is 0.496 e. The van der Waals surface area contributed by atoms with E-state index in [2.05, 4.69) is 23.5 Å². The van der Waals surface area contributed by atoms with E-state index in [0.717, 1.165) is 27.6 Å². The summed E-state index contributed by atoms with van der Waals surface area (Å²) in [5, 5.41) is 5.38. The smallest absolute Gasteiger partial charge is 0.283 e. The normalized spacial score (nSPS) is 11.2. The molecule has 0 fully saturated rings. The van der Waals surface area contributed by atoms with Crippen LogP contribution in [0.25, 0.3) is 10.1 Å². The number of nitrogens with one attached hydrogen (secondary N) is 1. The Labute approximate surface area is 205 Å². The van der Waals surface area contributed by atoms with Crippen molar-refractivity contribution in [3.05, 3.63) is 93.1 Å². The number of aryl methyl sites for hydroxylation is 1. The Balaban J connectivity index is 1.45. The van der Waals surface area contributed by atoms with Gasteiger partial charge in [-0.1, -0.05) is 30.7 Å². The predicted molar refractivity (Wildman–Crippen MR) is 135 cm³/mol. The van der Waals surface area contributed by atoms with Gasteiger partial charge in [-0.15, -0.1) is 11.3 Å². The quantitative estimate of drug-likeness (QED) is 0.220. The first kappa shape index (κ1) is 23.7. The van der Waals surface area contributed by atoms with Crippen molar-refractivity contribution >= 4 is 45.1 Å². The molecular formula is C26H22ClFN2O3S. The number of nitrogens with zero attached hydrogens (tertiary/aromatic N) is 1. The lowest BCUT2D eigenvalue weighted by Crippen LogP contribution is -2.16. The van der Waals surface area contributed by atoms with E-state index in [0.29, 0.717) is 21.4 Å². The van der Waals surface area contributed by atoms with Crippen LogP contribution in [0.15, 0.2) is 65.8 Å². The molecule has 0 aliphatic heterocycles. The minimum absolute atomic E-state index is 0.222. The molecule has 1 N–H and O–H groups in total. The summed E-state index contributed by atoms with van der Waals surface area (Å²) in [6, 6.07) is 17.3. The second kappa shape index (κ2) is 10.7. The Kier molecular flexibility index (Phi) is 7.45. The summed E-state index contributed by atoms with van der Waals surface area (Å²) in [5.41, 5.74) is 5.26. The summed E-state index contributed by atoms with van der Waals surface area (Å²) >= 11 is 7.79. The fourth-order valence-corrected chi connectivity index (χ4v) is 4.85. The number of fused-ring (bicyclic) bond motifs is 1. The third kappa shape index (κ3) is 5.38. The first-order valence-electron chi connectivity index (χ1n) is 10.6. The minimum atomic E-state index is -0.367. The molecular weight excluding hydrogens is 475 g/mol. The molecule has 0 saturated carbocycles. The second-order valence-corrected chi connectivity index (χ2v) is 8.87. The lowest BCUT2D eigenvalue weighted by Gasteiger charge is -2.11. The van der Waals surface area contributed by atoms with Gasteiger partial charge in [0, 0.05) is 15.6 Å². The molecule has 1 aromatic heterocycles. The molecule has 1 heterocycles. The summed E-state index contributed by atoms with van der Waals surface area (Å²) in [5.74, 6) is 0.495. The lowest BCUT2D eigenvalue weighted by atomic mass is 10.1. The number of halogens is 2. The van der Waals surface area contributed by atoms with Crippen LogP contribution in [-0.2, 0) is 13.0 Å². The van der Waals surface area contributed by atoms with Gasteiger partial charge < -0.3 is 9.47 Å². The highest BCUT2D eigenvalue weighted by atomic mass is 35.5. The Bertz CT molecular complexity index is 1350. The maximum Gasteiger partial charge on any atom is 0.283 e. The van der Waals surface area contributed by atoms with Crippen molar-refractivity contribution in [1.29, 1.82) is 0 Å². The van der Waals surface area contributed by atoms with E-state index in [-0.39, 0.29) is 18.3 Å². The molecule has 0 radical (unpaired) electrons. The van der Waals surface area contributed by atoms with Gasteiger partial charge in [-0.25, -0.2) is 9.82 Å². The van der Waals surface area contributed by atoms with Crippen molar-refractivity contribution < 1.29 is 18.7 Å². The average molecular weight is 497 g/mol. The van der Waals surface area contributed by atoms with Crippen LogP contribution in [0.3, 0.4) is 0 Å². The molecule has 0 saturated heterocycles. The van der Waals surface area contributed by atoms with Crippen LogP contribution >= 0.6 is 22.9 Å². The molecule has 0 bridgehead atoms. The van der Waals surface area contributed by atoms with E-state index in [9.17, 15) is 9.18 Å². The third-order valence-corrected chi connectivity index (χ3v) is 6.86. The number of ether oxygens (including phenoxy) is 2. The molecule has 4 rings (SSSR count). The molecule has 0 aliphatic rings. The van der Waals surface area contributed by atoms with Crippen LogP contribution in [0.5, 0.6) is 11.5 Å². The number of carbonyl (C=O) groups is 1. The molecule has 0 unspecified atom stereocenters. The van der Waals surface area contributed by atoms with Gasteiger partial charge in [-0.3, -0.25) is 4.79 Å². The summed E-state index contributed by atoms with van der Waals surface area (Å²) < 4.78 is 25.2. The van der Waals surface area contributed by atoms with E-state index in [1.807, 2.05) is 24.3 Å². The van der Waals surface area contributed by atoms with E-state index < -0.39 is 0 Å². The Hall–Kier alpha value is -3.42. The van der Waals surface area contributed by atoms with Gasteiger partial charge in [0.1, 0.15) is 28.8 Å². The van der Waals surface area contributed by atoms with Crippen LogP contribution in [0, 0.1) is 5.82 Å². The summed E-state index contributed by atoms with van der Waals surface area (Å²) in [6.45, 7) is 2.30. The fourth-order valence-electron chi connectivity index (χ4n) is 3.38. The van der Waals surface area contributed by atoms with Crippen LogP contribution in [0.4, 0.5) is 4.39 Å². The zero-order chi connectivity index (χ0) is 24.1. The van der Waals surface area contributed by atoms with Crippen LogP contribution < -0.4 is 14.9 Å². The van der Waals surface area contributed by atoms with E-state index in [1.54, 1.807) is 25.3 Å². The number of hydrazone groups is 1. The molecule has 0 aliphatic carbocycles. The van der Waals surface area contributed by atoms with Crippen molar-refractivity contribution in [3.63, 3.8) is 0 Å². The lowest BCUT2D eigenvalue weighted by molar-refractivity contribution is 0.0959. The molecule has 5 nitrogen and oxygen atoms in total. The average Bonchev–Trinajstić information content (AvgIpc) is 3.19. The van der Waals surface area contributed by atoms with Gasteiger partial charge in [0.05, 0.1) is 18.3 Å². The highest BCUT2D eigenvalue weighted by molar-refractivity contribution is 7.21. The summed E-state index contributed by atoms with van der Waals surface area (Å²) in [6.07, 6.45) is 2.45. The van der Waals surface area contributed by atoms with Gasteiger partial charge in [0.2, 0.25) is 0 Å². The highest BCUT2D eigenvalue weighted by Gasteiger charge is 2.17. The van der Waals surface area contributed by atoms with Gasteiger partial charge >= 0.3 is 0 Å². The standard InChI is InChI=1S/C26H22ClFN2O3S/c1-3-16-4-10-21-23(13-16)34-25(24(21)27)26(31)30-29-14-17-5-11-22(32-2)18(12-17)15-33-20-8-6-19(28)7-9-20/h4-14H,3,15H2,1-2H3,(H,30,31)/b29-14-. The molecule has 174 valence electrons. The van der Waals surface area contributed by atoms with Crippen LogP contribution in [-0.4, -0.2) is 19.2 Å². The van der Waals surface area contributed by atoms with Gasteiger partial charge in [0.25, 0.3) is 5.91 Å². The maximum atomic E-state index is 13.1. The highest BCUT2D eigenvalue weighted by Crippen LogP contribution is 2.36. The minimum Gasteiger partial charge on any atom is -0.496 e. The molecule has 1 amide bonds. The number of carbonyl (C=O) groups excluding carboxylic acids is 1. The first-order chi connectivity index (χ1) is 16.5. The SMILES string of the molecule is CCc1ccc2c(Cl)c(C(=O)N/N=C\c3ccc(OC)c(COc4ccc(F)cc4)c3)sc2c1. The zero-order valence-electron chi connectivity index (χ0n) is 18.6. The molecule has 8 heteroatoms. The third-order valence-electron chi connectivity index (χ3n) is 5.20. The van der Waals surface area contributed by atoms with Gasteiger partial charge in [-0.2, -0.15) is 5.10 Å². The van der Waals surface area contributed by atoms with E-state index in [1.165, 1.54) is 35.2 Å². The fraction of sp³-hybridized carbons (Fsp3) is 0.154. The Morgan fingerprint density at radius 3 is 2.68 bits per heavy atom. The number of benzene rings is 3. The predicted octanol–water partition coefficient (Wildman–Crippen LogP) is 6.61. The van der Waals surface area contributed by atoms with Crippen molar-refractivity contribution in [2.24, 2.45) is 5.10 Å². The van der Waals surface area contributed by atoms with Crippen molar-refractivity contribution in [3.8, 4) is 11.5 Å². The van der Waals surface area contributed by atoms with Crippen LogP contribution in [0.2, 0.25) is 5.02 Å². The number of thiophene rings is 1. The number of methoxy groups -OCH3 is 1. The van der Waals surface area contributed by atoms with E-state index in [4.69, 9.17) is 21.1 Å². The second-order valence-electron chi connectivity index (χ2n) is 7.44. The molecule has 0 spiro atoms. The molecule has 4 aromatic rings. The maximum absolute atomic E-state index is 13.1. The number of hydrogen-bond donors (Lipinski definition) is 1. The van der Waals surface area contributed by atoms with Gasteiger partial charge in [0.15, 0.2) is 0 Å². The molecule has 34 heavy (non-hydrogen) atoms. The Morgan fingerprint density at radius 1 is 1.15 bits per heavy atom. The monoisotopic (exact) mass is 496 g/mol. The topological polar surface area (TPSA) is 59.9 Å². The number of amides is 1. The van der Waals surface area contributed by atoms with E-state index >= 15 is 0 Å². The number of rotatable bonds is 8. The van der Waals surface area contributed by atoms with Gasteiger partial charge in [-0.05, 0) is 66.1 Å². The number of hydrogen-bond acceptors (Lipinski definition) is 5. The van der Waals surface area contributed by atoms with Crippen molar-refractivity contribution in [2.75, 3.05) is 7.11 Å². The zero-order valence-corrected chi connectivity index (χ0v) is 20.2. The summed E-state index contributed by atoms with van der Waals surface area (Å²) in [4.78, 5) is 13.1.